The molecular weight excluding hydrogens is 329 g/mol. The first-order valence-corrected chi connectivity index (χ1v) is 6.71. The van der Waals surface area contributed by atoms with E-state index in [-0.39, 0.29) is 10.7 Å². The number of aryl methyl sites for hydroxylation is 1. The van der Waals surface area contributed by atoms with E-state index in [9.17, 15) is 4.39 Å². The summed E-state index contributed by atoms with van der Waals surface area (Å²) in [5.74, 6) is 0.165. The van der Waals surface area contributed by atoms with Crippen molar-refractivity contribution in [3.8, 4) is 11.5 Å². The van der Waals surface area contributed by atoms with E-state index in [1.54, 1.807) is 18.2 Å². The molecule has 5 heteroatoms. The zero-order chi connectivity index (χ0) is 14.0. The minimum absolute atomic E-state index is 0.134. The standard InChI is InChI=1S/C14H11BrFNOS/c1-8-3-2-4-10(14(17)19)13(8)18-12-6-5-9(15)7-11(12)16/h2-7H,1H3,(H2,17,19). The summed E-state index contributed by atoms with van der Waals surface area (Å²) in [4.78, 5) is 0.219. The van der Waals surface area contributed by atoms with Crippen molar-refractivity contribution >= 4 is 33.1 Å². The van der Waals surface area contributed by atoms with Gasteiger partial charge in [0.15, 0.2) is 11.6 Å². The van der Waals surface area contributed by atoms with Gasteiger partial charge in [0, 0.05) is 4.47 Å². The van der Waals surface area contributed by atoms with Gasteiger partial charge in [0.2, 0.25) is 0 Å². The van der Waals surface area contributed by atoms with Crippen molar-refractivity contribution in [2.45, 2.75) is 6.92 Å². The molecule has 0 fully saturated rings. The average molecular weight is 340 g/mol. The molecule has 0 amide bonds. The summed E-state index contributed by atoms with van der Waals surface area (Å²) in [5.41, 5.74) is 7.08. The third-order valence-corrected chi connectivity index (χ3v) is 3.30. The monoisotopic (exact) mass is 339 g/mol. The van der Waals surface area contributed by atoms with Crippen LogP contribution in [0.4, 0.5) is 4.39 Å². The average Bonchev–Trinajstić information content (AvgIpc) is 2.34. The minimum Gasteiger partial charge on any atom is -0.453 e. The number of halogens is 2. The smallest absolute Gasteiger partial charge is 0.166 e. The quantitative estimate of drug-likeness (QED) is 0.845. The fourth-order valence-corrected chi connectivity index (χ4v) is 2.14. The van der Waals surface area contributed by atoms with E-state index in [0.29, 0.717) is 15.8 Å². The van der Waals surface area contributed by atoms with Crippen LogP contribution in [0.2, 0.25) is 0 Å². The highest BCUT2D eigenvalue weighted by Gasteiger charge is 2.12. The second-order valence-corrected chi connectivity index (χ2v) is 5.35. The Hall–Kier alpha value is -1.46. The lowest BCUT2D eigenvalue weighted by Crippen LogP contribution is -2.11. The topological polar surface area (TPSA) is 35.2 Å². The van der Waals surface area contributed by atoms with Crippen molar-refractivity contribution in [1.29, 1.82) is 0 Å². The lowest BCUT2D eigenvalue weighted by Gasteiger charge is -2.13. The second-order valence-electron chi connectivity index (χ2n) is 3.99. The lowest BCUT2D eigenvalue weighted by molar-refractivity contribution is 0.438. The molecule has 0 aliphatic rings. The van der Waals surface area contributed by atoms with Crippen LogP contribution >= 0.6 is 28.1 Å². The third-order valence-electron chi connectivity index (χ3n) is 2.58. The zero-order valence-electron chi connectivity index (χ0n) is 10.1. The summed E-state index contributed by atoms with van der Waals surface area (Å²) in [6.07, 6.45) is 0. The third kappa shape index (κ3) is 3.11. The molecular formula is C14H11BrFNOS. The molecule has 0 heterocycles. The Morgan fingerprint density at radius 3 is 2.68 bits per heavy atom. The molecule has 0 saturated heterocycles. The van der Waals surface area contributed by atoms with E-state index in [4.69, 9.17) is 22.7 Å². The summed E-state index contributed by atoms with van der Waals surface area (Å²) in [6, 6.07) is 10.0. The molecule has 0 aromatic heterocycles. The Labute approximate surface area is 124 Å². The Morgan fingerprint density at radius 2 is 2.05 bits per heavy atom. The van der Waals surface area contributed by atoms with Gasteiger partial charge in [-0.15, -0.1) is 0 Å². The molecule has 0 aliphatic carbocycles. The fourth-order valence-electron chi connectivity index (χ4n) is 1.65. The SMILES string of the molecule is Cc1cccc(C(N)=S)c1Oc1ccc(Br)cc1F. The van der Waals surface area contributed by atoms with E-state index in [1.807, 2.05) is 19.1 Å². The first-order chi connectivity index (χ1) is 8.99. The van der Waals surface area contributed by atoms with Crippen LogP contribution in [-0.2, 0) is 0 Å². The number of rotatable bonds is 3. The zero-order valence-corrected chi connectivity index (χ0v) is 12.5. The highest BCUT2D eigenvalue weighted by Crippen LogP contribution is 2.31. The van der Waals surface area contributed by atoms with Crippen LogP contribution < -0.4 is 10.5 Å². The number of hydrogen-bond acceptors (Lipinski definition) is 2. The minimum atomic E-state index is -0.452. The molecule has 0 atom stereocenters. The highest BCUT2D eigenvalue weighted by atomic mass is 79.9. The maximum absolute atomic E-state index is 13.8. The molecule has 0 aliphatic heterocycles. The van der Waals surface area contributed by atoms with Gasteiger partial charge in [-0.2, -0.15) is 0 Å². The first kappa shape index (κ1) is 14.0. The lowest BCUT2D eigenvalue weighted by atomic mass is 10.1. The van der Waals surface area contributed by atoms with Crippen LogP contribution in [0.3, 0.4) is 0 Å². The van der Waals surface area contributed by atoms with Crippen molar-refractivity contribution in [3.63, 3.8) is 0 Å². The van der Waals surface area contributed by atoms with Crippen LogP contribution in [0.5, 0.6) is 11.5 Å². The molecule has 0 radical (unpaired) electrons. The number of hydrogen-bond donors (Lipinski definition) is 1. The molecule has 2 aromatic rings. The van der Waals surface area contributed by atoms with Gasteiger partial charge in [-0.3, -0.25) is 0 Å². The van der Waals surface area contributed by atoms with E-state index >= 15 is 0 Å². The molecule has 2 N–H and O–H groups in total. The van der Waals surface area contributed by atoms with E-state index in [1.165, 1.54) is 6.07 Å². The summed E-state index contributed by atoms with van der Waals surface area (Å²) >= 11 is 8.17. The van der Waals surface area contributed by atoms with Crippen LogP contribution in [0, 0.1) is 12.7 Å². The van der Waals surface area contributed by atoms with Gasteiger partial charge in [0.25, 0.3) is 0 Å². The molecule has 0 saturated carbocycles. The predicted molar refractivity (Wildman–Crippen MR) is 81.2 cm³/mol. The predicted octanol–water partition coefficient (Wildman–Crippen LogP) is 4.32. The second kappa shape index (κ2) is 5.67. The number of ether oxygens (including phenoxy) is 1. The molecule has 0 bridgehead atoms. The summed E-state index contributed by atoms with van der Waals surface area (Å²) in [5, 5.41) is 0. The van der Waals surface area contributed by atoms with Crippen molar-refractivity contribution in [3.05, 3.63) is 57.8 Å². The molecule has 0 spiro atoms. The number of thiocarbonyl (C=S) groups is 1. The maximum atomic E-state index is 13.8. The van der Waals surface area contributed by atoms with E-state index < -0.39 is 5.82 Å². The van der Waals surface area contributed by atoms with Gasteiger partial charge in [0.1, 0.15) is 10.7 Å². The van der Waals surface area contributed by atoms with Crippen LogP contribution in [0.25, 0.3) is 0 Å². The normalized spacial score (nSPS) is 10.3. The largest absolute Gasteiger partial charge is 0.453 e. The van der Waals surface area contributed by atoms with Gasteiger partial charge in [-0.25, -0.2) is 4.39 Å². The van der Waals surface area contributed by atoms with Gasteiger partial charge >= 0.3 is 0 Å². The van der Waals surface area contributed by atoms with Crippen molar-refractivity contribution < 1.29 is 9.13 Å². The summed E-state index contributed by atoms with van der Waals surface area (Å²) in [7, 11) is 0. The fraction of sp³-hybridized carbons (Fsp3) is 0.0714. The maximum Gasteiger partial charge on any atom is 0.166 e. The van der Waals surface area contributed by atoms with Crippen molar-refractivity contribution in [2.75, 3.05) is 0 Å². The number of nitrogens with two attached hydrogens (primary N) is 1. The summed E-state index contributed by atoms with van der Waals surface area (Å²) in [6.45, 7) is 1.86. The van der Waals surface area contributed by atoms with Crippen molar-refractivity contribution in [2.24, 2.45) is 5.73 Å². The molecule has 2 rings (SSSR count). The van der Waals surface area contributed by atoms with Crippen LogP contribution in [-0.4, -0.2) is 4.99 Å². The molecule has 2 aromatic carbocycles. The van der Waals surface area contributed by atoms with Gasteiger partial charge in [0.05, 0.1) is 5.56 Å². The van der Waals surface area contributed by atoms with Gasteiger partial charge < -0.3 is 10.5 Å². The molecule has 0 unspecified atom stereocenters. The summed E-state index contributed by atoms with van der Waals surface area (Å²) < 4.78 is 20.1. The number of benzene rings is 2. The van der Waals surface area contributed by atoms with Crippen LogP contribution in [0.1, 0.15) is 11.1 Å². The first-order valence-electron chi connectivity index (χ1n) is 5.51. The Bertz CT molecular complexity index is 645. The van der Waals surface area contributed by atoms with Crippen molar-refractivity contribution in [1.82, 2.24) is 0 Å². The molecule has 19 heavy (non-hydrogen) atoms. The number of para-hydroxylation sites is 1. The Balaban J connectivity index is 2.46. The Kier molecular flexibility index (Phi) is 4.17. The van der Waals surface area contributed by atoms with Crippen LogP contribution in [0.15, 0.2) is 40.9 Å². The highest BCUT2D eigenvalue weighted by molar-refractivity contribution is 9.10. The molecule has 2 nitrogen and oxygen atoms in total. The Morgan fingerprint density at radius 1 is 1.32 bits per heavy atom. The van der Waals surface area contributed by atoms with Gasteiger partial charge in [-0.05, 0) is 36.8 Å². The molecule has 98 valence electrons. The van der Waals surface area contributed by atoms with Gasteiger partial charge in [-0.1, -0.05) is 40.3 Å². The van der Waals surface area contributed by atoms with E-state index in [2.05, 4.69) is 15.9 Å². The van der Waals surface area contributed by atoms with E-state index in [0.717, 1.165) is 5.56 Å².